The van der Waals surface area contributed by atoms with Crippen molar-refractivity contribution in [3.8, 4) is 16.9 Å². The lowest BCUT2D eigenvalue weighted by atomic mass is 10.0. The standard InChI is InChI=1S/C17H19N3O3/c18-12-17(4-5-17)6-7-23-16-9-14(10-19-11-16)13-2-1-3-15(8-13)20(21)22/h1-3,8-11H,4-7,12,18H2. The molecule has 3 rings (SSSR count). The first-order chi connectivity index (χ1) is 11.1. The van der Waals surface area contributed by atoms with Gasteiger partial charge < -0.3 is 10.5 Å². The molecule has 0 amide bonds. The third-order valence-electron chi connectivity index (χ3n) is 4.39. The van der Waals surface area contributed by atoms with Crippen LogP contribution in [0.15, 0.2) is 42.7 Å². The average Bonchev–Trinajstić information content (AvgIpc) is 3.36. The van der Waals surface area contributed by atoms with E-state index in [0.717, 1.165) is 17.5 Å². The highest BCUT2D eigenvalue weighted by atomic mass is 16.6. The van der Waals surface area contributed by atoms with Crippen molar-refractivity contribution in [2.75, 3.05) is 13.2 Å². The van der Waals surface area contributed by atoms with Crippen LogP contribution in [0, 0.1) is 15.5 Å². The van der Waals surface area contributed by atoms with E-state index in [0.29, 0.717) is 18.9 Å². The summed E-state index contributed by atoms with van der Waals surface area (Å²) in [6, 6.07) is 8.35. The smallest absolute Gasteiger partial charge is 0.270 e. The van der Waals surface area contributed by atoms with Gasteiger partial charge in [-0.3, -0.25) is 15.1 Å². The highest BCUT2D eigenvalue weighted by molar-refractivity contribution is 5.66. The second-order valence-electron chi connectivity index (χ2n) is 6.02. The summed E-state index contributed by atoms with van der Waals surface area (Å²) in [5.74, 6) is 0.668. The maximum absolute atomic E-state index is 10.9. The Balaban J connectivity index is 1.69. The highest BCUT2D eigenvalue weighted by Gasteiger charge is 2.40. The summed E-state index contributed by atoms with van der Waals surface area (Å²) < 4.78 is 5.77. The molecule has 1 fully saturated rings. The molecule has 6 heteroatoms. The largest absolute Gasteiger partial charge is 0.492 e. The van der Waals surface area contributed by atoms with Crippen LogP contribution in [0.3, 0.4) is 0 Å². The molecule has 0 aliphatic heterocycles. The van der Waals surface area contributed by atoms with Gasteiger partial charge in [0, 0.05) is 23.9 Å². The Hall–Kier alpha value is -2.47. The van der Waals surface area contributed by atoms with Crippen LogP contribution < -0.4 is 10.5 Å². The van der Waals surface area contributed by atoms with Crippen molar-refractivity contribution in [2.24, 2.45) is 11.1 Å². The molecule has 0 bridgehead atoms. The van der Waals surface area contributed by atoms with E-state index in [4.69, 9.17) is 10.5 Å². The molecule has 1 aliphatic carbocycles. The minimum atomic E-state index is -0.404. The van der Waals surface area contributed by atoms with E-state index in [-0.39, 0.29) is 11.1 Å². The van der Waals surface area contributed by atoms with Gasteiger partial charge in [0.05, 0.1) is 17.7 Å². The molecule has 2 N–H and O–H groups in total. The molecule has 1 aliphatic rings. The van der Waals surface area contributed by atoms with Gasteiger partial charge in [0.25, 0.3) is 5.69 Å². The number of hydrogen-bond acceptors (Lipinski definition) is 5. The topological polar surface area (TPSA) is 91.3 Å². The molecular weight excluding hydrogens is 294 g/mol. The van der Waals surface area contributed by atoms with E-state index >= 15 is 0 Å². The highest BCUT2D eigenvalue weighted by Crippen LogP contribution is 2.47. The lowest BCUT2D eigenvalue weighted by molar-refractivity contribution is -0.384. The summed E-state index contributed by atoms with van der Waals surface area (Å²) in [6.07, 6.45) is 6.64. The zero-order chi connectivity index (χ0) is 16.3. The number of aromatic nitrogens is 1. The molecule has 0 unspecified atom stereocenters. The van der Waals surface area contributed by atoms with Crippen molar-refractivity contribution in [2.45, 2.75) is 19.3 Å². The summed E-state index contributed by atoms with van der Waals surface area (Å²) in [5.41, 5.74) is 7.65. The van der Waals surface area contributed by atoms with Crippen LogP contribution in [0.2, 0.25) is 0 Å². The Labute approximate surface area is 134 Å². The quantitative estimate of drug-likeness (QED) is 0.626. The summed E-state index contributed by atoms with van der Waals surface area (Å²) in [5, 5.41) is 10.9. The molecule has 6 nitrogen and oxygen atoms in total. The molecule has 120 valence electrons. The number of nitrogens with zero attached hydrogens (tertiary/aromatic N) is 2. The van der Waals surface area contributed by atoms with Gasteiger partial charge in [-0.25, -0.2) is 0 Å². The molecule has 0 atom stereocenters. The normalized spacial score (nSPS) is 15.2. The molecule has 0 spiro atoms. The Morgan fingerprint density at radius 2 is 2.09 bits per heavy atom. The summed E-state index contributed by atoms with van der Waals surface area (Å²) in [4.78, 5) is 14.6. The number of benzene rings is 1. The SMILES string of the molecule is NCC1(CCOc2cncc(-c3cccc([N+](=O)[O-])c3)c2)CC1. The molecule has 1 heterocycles. The molecule has 0 saturated heterocycles. The van der Waals surface area contributed by atoms with Crippen molar-refractivity contribution < 1.29 is 9.66 Å². The van der Waals surface area contributed by atoms with Gasteiger partial charge in [0.2, 0.25) is 0 Å². The van der Waals surface area contributed by atoms with Crippen LogP contribution in [0.5, 0.6) is 5.75 Å². The van der Waals surface area contributed by atoms with Crippen LogP contribution >= 0.6 is 0 Å². The van der Waals surface area contributed by atoms with E-state index in [1.165, 1.54) is 25.0 Å². The Bertz CT molecular complexity index is 714. The fourth-order valence-electron chi connectivity index (χ4n) is 2.57. The first-order valence-corrected chi connectivity index (χ1v) is 7.65. The molecule has 2 aromatic rings. The second kappa shape index (κ2) is 6.34. The van der Waals surface area contributed by atoms with Crippen LogP contribution in [0.25, 0.3) is 11.1 Å². The molecule has 1 aromatic carbocycles. The number of nitrogens with two attached hydrogens (primary N) is 1. The van der Waals surface area contributed by atoms with Gasteiger partial charge in [-0.15, -0.1) is 0 Å². The monoisotopic (exact) mass is 313 g/mol. The minimum Gasteiger partial charge on any atom is -0.492 e. The van der Waals surface area contributed by atoms with Gasteiger partial charge in [-0.05, 0) is 42.9 Å². The van der Waals surface area contributed by atoms with E-state index < -0.39 is 4.92 Å². The maximum atomic E-state index is 10.9. The van der Waals surface area contributed by atoms with Crippen LogP contribution in [0.1, 0.15) is 19.3 Å². The third kappa shape index (κ3) is 3.65. The molecule has 0 radical (unpaired) electrons. The molecule has 1 aromatic heterocycles. The fourth-order valence-corrected chi connectivity index (χ4v) is 2.57. The van der Waals surface area contributed by atoms with Gasteiger partial charge >= 0.3 is 0 Å². The van der Waals surface area contributed by atoms with Crippen LogP contribution in [0.4, 0.5) is 5.69 Å². The fraction of sp³-hybridized carbons (Fsp3) is 0.353. The van der Waals surface area contributed by atoms with Crippen molar-refractivity contribution in [3.05, 3.63) is 52.8 Å². The minimum absolute atomic E-state index is 0.0624. The second-order valence-corrected chi connectivity index (χ2v) is 6.02. The van der Waals surface area contributed by atoms with Gasteiger partial charge in [-0.2, -0.15) is 0 Å². The maximum Gasteiger partial charge on any atom is 0.270 e. The summed E-state index contributed by atoms with van der Waals surface area (Å²) >= 11 is 0. The zero-order valence-electron chi connectivity index (χ0n) is 12.8. The zero-order valence-corrected chi connectivity index (χ0v) is 12.8. The summed E-state index contributed by atoms with van der Waals surface area (Å²) in [6.45, 7) is 1.32. The van der Waals surface area contributed by atoms with Crippen LogP contribution in [-0.4, -0.2) is 23.1 Å². The van der Waals surface area contributed by atoms with E-state index in [1.54, 1.807) is 18.5 Å². The Morgan fingerprint density at radius 3 is 2.78 bits per heavy atom. The Morgan fingerprint density at radius 1 is 1.26 bits per heavy atom. The molecule has 23 heavy (non-hydrogen) atoms. The number of pyridine rings is 1. The molecular formula is C17H19N3O3. The number of non-ortho nitro benzene ring substituents is 1. The lowest BCUT2D eigenvalue weighted by Crippen LogP contribution is -2.18. The average molecular weight is 313 g/mol. The van der Waals surface area contributed by atoms with Crippen molar-refractivity contribution in [1.29, 1.82) is 0 Å². The van der Waals surface area contributed by atoms with E-state index in [9.17, 15) is 10.1 Å². The number of hydrogen-bond donors (Lipinski definition) is 1. The number of ether oxygens (including phenoxy) is 1. The summed E-state index contributed by atoms with van der Waals surface area (Å²) in [7, 11) is 0. The predicted octanol–water partition coefficient (Wildman–Crippen LogP) is 3.16. The van der Waals surface area contributed by atoms with Gasteiger partial charge in [0.1, 0.15) is 5.75 Å². The predicted molar refractivity (Wildman–Crippen MR) is 87.2 cm³/mol. The number of nitro benzene ring substituents is 1. The van der Waals surface area contributed by atoms with E-state index in [2.05, 4.69) is 4.98 Å². The molecule has 1 saturated carbocycles. The van der Waals surface area contributed by atoms with E-state index in [1.807, 2.05) is 12.1 Å². The first-order valence-electron chi connectivity index (χ1n) is 7.65. The third-order valence-corrected chi connectivity index (χ3v) is 4.39. The Kier molecular flexibility index (Phi) is 4.25. The number of nitro groups is 1. The first kappa shape index (κ1) is 15.4. The van der Waals surface area contributed by atoms with Crippen molar-refractivity contribution in [1.82, 2.24) is 4.98 Å². The van der Waals surface area contributed by atoms with Crippen molar-refractivity contribution >= 4 is 5.69 Å². The van der Waals surface area contributed by atoms with Crippen molar-refractivity contribution in [3.63, 3.8) is 0 Å². The van der Waals surface area contributed by atoms with Gasteiger partial charge in [-0.1, -0.05) is 12.1 Å². The van der Waals surface area contributed by atoms with Gasteiger partial charge in [0.15, 0.2) is 0 Å². The number of rotatable bonds is 7. The van der Waals surface area contributed by atoms with Crippen LogP contribution in [-0.2, 0) is 0 Å². The lowest BCUT2D eigenvalue weighted by Gasteiger charge is -2.13.